The van der Waals surface area contributed by atoms with E-state index in [0.29, 0.717) is 32.6 Å². The summed E-state index contributed by atoms with van der Waals surface area (Å²) in [5, 5.41) is 8.93. The van der Waals surface area contributed by atoms with Crippen molar-refractivity contribution in [3.05, 3.63) is 50.9 Å². The Hall–Kier alpha value is -2.04. The topological polar surface area (TPSA) is 68.6 Å². The Labute approximate surface area is 175 Å². The maximum Gasteiger partial charge on any atom is 0.349 e. The first kappa shape index (κ1) is 21.3. The minimum atomic E-state index is -0.555. The second-order valence-corrected chi connectivity index (χ2v) is 7.38. The molecule has 0 spiro atoms. The summed E-state index contributed by atoms with van der Waals surface area (Å²) in [6, 6.07) is 12.3. The van der Waals surface area contributed by atoms with Gasteiger partial charge in [-0.05, 0) is 74.7 Å². The zero-order chi connectivity index (χ0) is 19.6. The lowest BCUT2D eigenvalue weighted by Gasteiger charge is -2.10. The lowest BCUT2D eigenvalue weighted by Crippen LogP contribution is -2.18. The molecule has 0 saturated heterocycles. The molecule has 2 rings (SSSR count). The smallest absolute Gasteiger partial charge is 0.349 e. The molecule has 0 saturated carbocycles. The molecule has 0 aliphatic rings. The molecule has 0 aromatic heterocycles. The molecule has 27 heavy (non-hydrogen) atoms. The van der Waals surface area contributed by atoms with Gasteiger partial charge in [-0.15, -0.1) is 0 Å². The molecule has 0 N–H and O–H groups in total. The molecule has 142 valence electrons. The van der Waals surface area contributed by atoms with Gasteiger partial charge in [-0.3, -0.25) is 0 Å². The maximum atomic E-state index is 12.0. The minimum absolute atomic E-state index is 0.240. The highest BCUT2D eigenvalue weighted by atomic mass is 79.9. The number of benzene rings is 2. The van der Waals surface area contributed by atoms with Crippen LogP contribution in [0.5, 0.6) is 17.2 Å². The first-order valence-corrected chi connectivity index (χ1v) is 10.1. The molecule has 0 amide bonds. The zero-order valence-corrected chi connectivity index (χ0v) is 18.0. The summed E-state index contributed by atoms with van der Waals surface area (Å²) in [5.74, 6) is 1.07. The molecule has 0 radical (unpaired) electrons. The molecule has 0 unspecified atom stereocenters. The van der Waals surface area contributed by atoms with Crippen molar-refractivity contribution in [2.45, 2.75) is 26.2 Å². The Morgan fingerprint density at radius 3 is 2.19 bits per heavy atom. The number of rotatable bonds is 9. The number of hydrogen-bond donors (Lipinski definition) is 0. The van der Waals surface area contributed by atoms with E-state index in [1.807, 2.05) is 6.07 Å². The van der Waals surface area contributed by atoms with Crippen LogP contribution in [0.4, 0.5) is 0 Å². The fraction of sp³-hybridized carbons (Fsp3) is 0.300. The Balaban J connectivity index is 1.84. The molecule has 0 heterocycles. The van der Waals surface area contributed by atoms with Gasteiger partial charge in [-0.2, -0.15) is 5.26 Å². The SMILES string of the molecule is CCCCCOc1ccc(OCC(=O)Oc2c(Br)cc(C#N)cc2Br)cc1. The third-order valence-corrected chi connectivity index (χ3v) is 4.72. The molecule has 0 aliphatic carbocycles. The average Bonchev–Trinajstić information content (AvgIpc) is 2.67. The summed E-state index contributed by atoms with van der Waals surface area (Å²) in [7, 11) is 0. The van der Waals surface area contributed by atoms with Gasteiger partial charge >= 0.3 is 5.97 Å². The van der Waals surface area contributed by atoms with Crippen molar-refractivity contribution >= 4 is 37.8 Å². The monoisotopic (exact) mass is 495 g/mol. The number of carbonyl (C=O) groups excluding carboxylic acids is 1. The highest BCUT2D eigenvalue weighted by Gasteiger charge is 2.14. The number of unbranched alkanes of at least 4 members (excludes halogenated alkanes) is 2. The first-order valence-electron chi connectivity index (χ1n) is 8.49. The van der Waals surface area contributed by atoms with Crippen LogP contribution in [0.3, 0.4) is 0 Å². The first-order chi connectivity index (χ1) is 13.0. The number of hydrogen-bond acceptors (Lipinski definition) is 5. The van der Waals surface area contributed by atoms with Crippen LogP contribution in [-0.4, -0.2) is 19.2 Å². The highest BCUT2D eigenvalue weighted by molar-refractivity contribution is 9.11. The molecule has 5 nitrogen and oxygen atoms in total. The van der Waals surface area contributed by atoms with Crippen LogP contribution in [0.2, 0.25) is 0 Å². The summed E-state index contributed by atoms with van der Waals surface area (Å²) in [4.78, 5) is 12.0. The van der Waals surface area contributed by atoms with Gasteiger partial charge in [-0.25, -0.2) is 4.79 Å². The molecule has 7 heteroatoms. The van der Waals surface area contributed by atoms with E-state index in [1.165, 1.54) is 0 Å². The summed E-state index contributed by atoms with van der Waals surface area (Å²) in [6.07, 6.45) is 3.33. The predicted molar refractivity (Wildman–Crippen MR) is 109 cm³/mol. The number of esters is 1. The van der Waals surface area contributed by atoms with E-state index in [9.17, 15) is 4.79 Å². The lowest BCUT2D eigenvalue weighted by molar-refractivity contribution is -0.136. The molecular weight excluding hydrogens is 478 g/mol. The van der Waals surface area contributed by atoms with Gasteiger partial charge in [0, 0.05) is 0 Å². The number of ether oxygens (including phenoxy) is 3. The van der Waals surface area contributed by atoms with Crippen LogP contribution in [0.15, 0.2) is 45.3 Å². The molecule has 0 bridgehead atoms. The van der Waals surface area contributed by atoms with Crippen molar-refractivity contribution in [2.75, 3.05) is 13.2 Å². The predicted octanol–water partition coefficient (Wildman–Crippen LogP) is 5.64. The van der Waals surface area contributed by atoms with Crippen LogP contribution in [0.1, 0.15) is 31.7 Å². The van der Waals surface area contributed by atoms with Gasteiger partial charge in [0.2, 0.25) is 0 Å². The van der Waals surface area contributed by atoms with Gasteiger partial charge < -0.3 is 14.2 Å². The van der Waals surface area contributed by atoms with Gasteiger partial charge in [0.25, 0.3) is 0 Å². The number of nitrogens with zero attached hydrogens (tertiary/aromatic N) is 1. The van der Waals surface area contributed by atoms with Crippen LogP contribution in [-0.2, 0) is 4.79 Å². The van der Waals surface area contributed by atoms with E-state index in [4.69, 9.17) is 19.5 Å². The second-order valence-electron chi connectivity index (χ2n) is 5.67. The standard InChI is InChI=1S/C20H19Br2NO4/c1-2-3-4-9-25-15-5-7-16(8-6-15)26-13-19(24)27-20-17(21)10-14(12-23)11-18(20)22/h5-8,10-11H,2-4,9,13H2,1H3. The molecule has 0 aliphatic heterocycles. The van der Waals surface area contributed by atoms with Gasteiger partial charge in [0.15, 0.2) is 12.4 Å². The normalized spacial score (nSPS) is 10.1. The fourth-order valence-corrected chi connectivity index (χ4v) is 3.53. The van der Waals surface area contributed by atoms with E-state index >= 15 is 0 Å². The van der Waals surface area contributed by atoms with E-state index in [1.54, 1.807) is 36.4 Å². The third kappa shape index (κ3) is 6.89. The third-order valence-electron chi connectivity index (χ3n) is 3.54. The Morgan fingerprint density at radius 2 is 1.63 bits per heavy atom. The molecule has 2 aromatic rings. The fourth-order valence-electron chi connectivity index (χ4n) is 2.18. The largest absolute Gasteiger partial charge is 0.494 e. The van der Waals surface area contributed by atoms with Crippen LogP contribution in [0, 0.1) is 11.3 Å². The Bertz CT molecular complexity index is 793. The van der Waals surface area contributed by atoms with Crippen molar-refractivity contribution in [3.63, 3.8) is 0 Å². The van der Waals surface area contributed by atoms with Crippen LogP contribution in [0.25, 0.3) is 0 Å². The molecule has 0 fully saturated rings. The summed E-state index contributed by atoms with van der Waals surface area (Å²) in [5.41, 5.74) is 0.446. The number of carbonyl (C=O) groups is 1. The Kier molecular flexibility index (Phi) is 8.62. The lowest BCUT2D eigenvalue weighted by atomic mass is 10.2. The quantitative estimate of drug-likeness (QED) is 0.255. The number of halogens is 2. The van der Waals surface area contributed by atoms with Gasteiger partial charge in [-0.1, -0.05) is 19.8 Å². The van der Waals surface area contributed by atoms with Gasteiger partial charge in [0.1, 0.15) is 11.5 Å². The molecular formula is C20H19Br2NO4. The van der Waals surface area contributed by atoms with E-state index in [2.05, 4.69) is 38.8 Å². The van der Waals surface area contributed by atoms with Crippen molar-refractivity contribution in [1.29, 1.82) is 5.26 Å². The van der Waals surface area contributed by atoms with E-state index in [-0.39, 0.29) is 6.61 Å². The minimum Gasteiger partial charge on any atom is -0.494 e. The Morgan fingerprint density at radius 1 is 1.04 bits per heavy atom. The van der Waals surface area contributed by atoms with Crippen molar-refractivity contribution in [3.8, 4) is 23.3 Å². The van der Waals surface area contributed by atoms with Crippen LogP contribution >= 0.6 is 31.9 Å². The van der Waals surface area contributed by atoms with E-state index in [0.717, 1.165) is 25.0 Å². The van der Waals surface area contributed by atoms with Gasteiger partial charge in [0.05, 0.1) is 27.2 Å². The van der Waals surface area contributed by atoms with Crippen molar-refractivity contribution in [1.82, 2.24) is 0 Å². The summed E-state index contributed by atoms with van der Waals surface area (Å²) >= 11 is 6.58. The average molecular weight is 497 g/mol. The van der Waals surface area contributed by atoms with Crippen molar-refractivity contribution < 1.29 is 19.0 Å². The number of nitriles is 1. The zero-order valence-electron chi connectivity index (χ0n) is 14.8. The molecule has 0 atom stereocenters. The molecule has 2 aromatic carbocycles. The van der Waals surface area contributed by atoms with Crippen LogP contribution < -0.4 is 14.2 Å². The van der Waals surface area contributed by atoms with Crippen molar-refractivity contribution in [2.24, 2.45) is 0 Å². The second kappa shape index (κ2) is 11.0. The summed E-state index contributed by atoms with van der Waals surface area (Å²) < 4.78 is 17.4. The maximum absolute atomic E-state index is 12.0. The highest BCUT2D eigenvalue weighted by Crippen LogP contribution is 2.34. The van der Waals surface area contributed by atoms with E-state index < -0.39 is 5.97 Å². The summed E-state index contributed by atoms with van der Waals surface area (Å²) in [6.45, 7) is 2.60.